The molecule has 0 radical (unpaired) electrons. The number of carboxylic acids is 1. The summed E-state index contributed by atoms with van der Waals surface area (Å²) < 4.78 is 19.6. The van der Waals surface area contributed by atoms with Crippen LogP contribution in [-0.2, 0) is 15.9 Å². The lowest BCUT2D eigenvalue weighted by Crippen LogP contribution is -2.48. The summed E-state index contributed by atoms with van der Waals surface area (Å²) in [6.45, 7) is 0.617. The summed E-state index contributed by atoms with van der Waals surface area (Å²) in [5.41, 5.74) is 0. The average Bonchev–Trinajstić information content (AvgIpc) is 1.65. The molecule has 5 nitrogen and oxygen atoms in total. The first kappa shape index (κ1) is 8.54. The molecule has 0 bridgehead atoms. The second-order valence-corrected chi connectivity index (χ2v) is 2.77. The second-order valence-electron chi connectivity index (χ2n) is 1.51. The van der Waals surface area contributed by atoms with Crippen molar-refractivity contribution in [2.75, 3.05) is 0 Å². The molecule has 0 aliphatic carbocycles. The maximum atomic E-state index is 9.79. The highest BCUT2D eigenvalue weighted by Crippen LogP contribution is 2.03. The van der Waals surface area contributed by atoms with Gasteiger partial charge in [0.15, 0.2) is 4.93 Å². The van der Waals surface area contributed by atoms with Crippen LogP contribution in [0.25, 0.3) is 0 Å². The molecular formula is C3H4O5S-2. The van der Waals surface area contributed by atoms with Crippen LogP contribution in [0, 0.1) is 0 Å². The Bertz CT molecular complexity index is 134. The number of hydrogen-bond acceptors (Lipinski definition) is 5. The fourth-order valence-corrected chi connectivity index (χ4v) is 0.204. The van der Waals surface area contributed by atoms with Crippen LogP contribution in [0.4, 0.5) is 0 Å². The van der Waals surface area contributed by atoms with Crippen molar-refractivity contribution < 1.29 is 23.8 Å². The summed E-state index contributed by atoms with van der Waals surface area (Å²) in [6, 6.07) is 0. The van der Waals surface area contributed by atoms with Crippen molar-refractivity contribution in [3.63, 3.8) is 0 Å². The van der Waals surface area contributed by atoms with Crippen molar-refractivity contribution in [1.29, 1.82) is 0 Å². The summed E-state index contributed by atoms with van der Waals surface area (Å²) in [7, 11) is 0. The van der Waals surface area contributed by atoms with Gasteiger partial charge in [-0.25, -0.2) is 0 Å². The van der Waals surface area contributed by atoms with Crippen LogP contribution >= 0.6 is 0 Å². The molecule has 0 aliphatic heterocycles. The van der Waals surface area contributed by atoms with Gasteiger partial charge in [-0.1, -0.05) is 0 Å². The Morgan fingerprint density at radius 3 is 2.11 bits per heavy atom. The first-order valence-corrected chi connectivity index (χ1v) is 2.99. The predicted octanol–water partition coefficient (Wildman–Crippen LogP) is -2.68. The predicted molar refractivity (Wildman–Crippen MR) is 24.6 cm³/mol. The van der Waals surface area contributed by atoms with Crippen molar-refractivity contribution in [3.05, 3.63) is 0 Å². The van der Waals surface area contributed by atoms with Gasteiger partial charge in [0.05, 0.1) is 5.97 Å². The topological polar surface area (TPSA) is 100 Å². The van der Waals surface area contributed by atoms with E-state index in [4.69, 9.17) is 5.11 Å². The van der Waals surface area contributed by atoms with Crippen LogP contribution < -0.4 is 5.11 Å². The first-order chi connectivity index (χ1) is 3.89. The second kappa shape index (κ2) is 2.42. The minimum absolute atomic E-state index is 0.617. The zero-order chi connectivity index (χ0) is 7.65. The highest BCUT2D eigenvalue weighted by molar-refractivity contribution is 7.81. The Morgan fingerprint density at radius 1 is 1.78 bits per heavy atom. The Kier molecular flexibility index (Phi) is 2.30. The lowest BCUT2D eigenvalue weighted by molar-refractivity contribution is -0.317. The quantitative estimate of drug-likeness (QED) is 0.434. The molecule has 0 fully saturated rings. The summed E-state index contributed by atoms with van der Waals surface area (Å²) >= 11 is -3.06. The molecule has 6 heteroatoms. The number of rotatable bonds is 2. The number of carbonyl (C=O) groups excluding carboxylic acids is 1. The van der Waals surface area contributed by atoms with Gasteiger partial charge in [-0.05, 0) is 18.0 Å². The molecule has 0 aliphatic rings. The average molecular weight is 152 g/mol. The van der Waals surface area contributed by atoms with Crippen LogP contribution in [0.15, 0.2) is 0 Å². The van der Waals surface area contributed by atoms with Gasteiger partial charge >= 0.3 is 0 Å². The molecule has 0 saturated heterocycles. The Balaban J connectivity index is 4.38. The summed E-state index contributed by atoms with van der Waals surface area (Å²) in [5.74, 6) is -2.03. The fourth-order valence-electron chi connectivity index (χ4n) is 0.0680. The van der Waals surface area contributed by atoms with E-state index in [0.29, 0.717) is 6.92 Å². The fraction of sp³-hybridized carbons (Fsp3) is 0.667. The highest BCUT2D eigenvalue weighted by atomic mass is 32.2. The molecule has 0 aromatic heterocycles. The molecule has 0 aromatic rings. The lowest BCUT2D eigenvalue weighted by atomic mass is 10.4. The van der Waals surface area contributed by atoms with Gasteiger partial charge in [-0.3, -0.25) is 4.21 Å². The molecule has 0 aromatic carbocycles. The molecular weight excluding hydrogens is 148 g/mol. The van der Waals surface area contributed by atoms with Crippen molar-refractivity contribution in [2.24, 2.45) is 0 Å². The third-order valence-corrected chi connectivity index (χ3v) is 1.52. The van der Waals surface area contributed by atoms with Crippen LogP contribution in [0.1, 0.15) is 6.92 Å². The Morgan fingerprint density at radius 2 is 2.11 bits per heavy atom. The molecule has 1 N–H and O–H groups in total. The van der Waals surface area contributed by atoms with E-state index < -0.39 is 22.0 Å². The van der Waals surface area contributed by atoms with Crippen LogP contribution in [0.3, 0.4) is 0 Å². The van der Waals surface area contributed by atoms with Crippen molar-refractivity contribution >= 4 is 17.0 Å². The highest BCUT2D eigenvalue weighted by Gasteiger charge is 2.22. The van der Waals surface area contributed by atoms with E-state index in [2.05, 4.69) is 0 Å². The van der Waals surface area contributed by atoms with Gasteiger partial charge in [0, 0.05) is 0 Å². The zero-order valence-corrected chi connectivity index (χ0v) is 5.30. The maximum absolute atomic E-state index is 9.79. The van der Waals surface area contributed by atoms with Crippen molar-refractivity contribution in [3.8, 4) is 0 Å². The van der Waals surface area contributed by atoms with Gasteiger partial charge in [0.25, 0.3) is 0 Å². The number of aliphatic carboxylic acids is 1. The van der Waals surface area contributed by atoms with Gasteiger partial charge in [-0.2, -0.15) is 0 Å². The van der Waals surface area contributed by atoms with Crippen molar-refractivity contribution in [1.82, 2.24) is 0 Å². The van der Waals surface area contributed by atoms with Crippen LogP contribution in [0.5, 0.6) is 0 Å². The zero-order valence-electron chi connectivity index (χ0n) is 4.49. The largest absolute Gasteiger partial charge is 0.770 e. The molecule has 9 heavy (non-hydrogen) atoms. The van der Waals surface area contributed by atoms with E-state index in [1.807, 2.05) is 0 Å². The van der Waals surface area contributed by atoms with E-state index in [-0.39, 0.29) is 0 Å². The summed E-state index contributed by atoms with van der Waals surface area (Å²) in [6.07, 6.45) is 0. The number of aliphatic hydroxyl groups is 1. The van der Waals surface area contributed by atoms with E-state index >= 15 is 0 Å². The normalized spacial score (nSPS) is 20.3. The minimum atomic E-state index is -3.06. The number of hydrogen-bond donors (Lipinski definition) is 1. The van der Waals surface area contributed by atoms with Crippen molar-refractivity contribution in [2.45, 2.75) is 11.9 Å². The Hall–Kier alpha value is -0.460. The molecule has 0 rings (SSSR count). The van der Waals surface area contributed by atoms with Crippen LogP contribution in [-0.4, -0.2) is 24.8 Å². The summed E-state index contributed by atoms with van der Waals surface area (Å²) in [5, 5.41) is 18.1. The van der Waals surface area contributed by atoms with Gasteiger partial charge in [0.2, 0.25) is 0 Å². The molecule has 2 unspecified atom stereocenters. The van der Waals surface area contributed by atoms with Gasteiger partial charge < -0.3 is 19.6 Å². The van der Waals surface area contributed by atoms with Gasteiger partial charge in [0.1, 0.15) is 0 Å². The van der Waals surface area contributed by atoms with Gasteiger partial charge in [-0.15, -0.1) is 0 Å². The maximum Gasteiger partial charge on any atom is 0.163 e. The van der Waals surface area contributed by atoms with E-state index in [9.17, 15) is 18.7 Å². The minimum Gasteiger partial charge on any atom is -0.770 e. The molecule has 0 spiro atoms. The lowest BCUT2D eigenvalue weighted by Gasteiger charge is -2.26. The van der Waals surface area contributed by atoms with Crippen LogP contribution in [0.2, 0.25) is 0 Å². The number of carbonyl (C=O) groups is 1. The van der Waals surface area contributed by atoms with E-state index in [1.54, 1.807) is 0 Å². The smallest absolute Gasteiger partial charge is 0.163 e. The molecule has 2 atom stereocenters. The van der Waals surface area contributed by atoms with E-state index in [1.165, 1.54) is 0 Å². The third kappa shape index (κ3) is 1.74. The Labute approximate surface area is 53.6 Å². The molecule has 0 amide bonds. The first-order valence-electron chi connectivity index (χ1n) is 1.92. The monoisotopic (exact) mass is 152 g/mol. The third-order valence-electron chi connectivity index (χ3n) is 0.703. The van der Waals surface area contributed by atoms with E-state index in [0.717, 1.165) is 0 Å². The number of carboxylic acid groups (broad SMARTS) is 1. The molecule has 0 heterocycles. The molecule has 54 valence electrons. The standard InChI is InChI=1S/C3H6O5S/c1-3(6,2(4)5)9(7)8/h6H,1H3,(H,4,5)(H,7,8)/p-2. The molecule has 0 saturated carbocycles. The summed E-state index contributed by atoms with van der Waals surface area (Å²) in [4.78, 5) is 6.93. The SMILES string of the molecule is CC(O)(C(=O)[O-])S(=O)[O-].